The predicted octanol–water partition coefficient (Wildman–Crippen LogP) is 2.72. The van der Waals surface area contributed by atoms with Crippen molar-refractivity contribution in [2.75, 3.05) is 19.6 Å². The molecule has 3 aliphatic heterocycles. The summed E-state index contributed by atoms with van der Waals surface area (Å²) in [5.74, 6) is 0.792. The topological polar surface area (TPSA) is 61.9 Å². The Labute approximate surface area is 137 Å². The smallest absolute Gasteiger partial charge is 0.253 e. The fourth-order valence-corrected chi connectivity index (χ4v) is 4.16. The van der Waals surface area contributed by atoms with Crippen molar-refractivity contribution in [1.29, 1.82) is 0 Å². The molecular weight excluding hydrogens is 288 g/mol. The standard InChI is InChI=1S/C18H24N4O/c1-12-10-13(17(23)21-7-3-2-4-8-21)11-14-15-6-5-9-22(15)18(19)20-16(12)14/h10-11,15H,2-9H2,1H3,(H2,19,20). The highest BCUT2D eigenvalue weighted by atomic mass is 16.2. The molecular formula is C18H24N4O. The maximum absolute atomic E-state index is 12.8. The van der Waals surface area contributed by atoms with Crippen LogP contribution in [0, 0.1) is 6.92 Å². The number of hydrogen-bond acceptors (Lipinski definition) is 4. The minimum absolute atomic E-state index is 0.169. The Morgan fingerprint density at radius 1 is 1.17 bits per heavy atom. The molecule has 0 spiro atoms. The van der Waals surface area contributed by atoms with E-state index in [9.17, 15) is 4.79 Å². The van der Waals surface area contributed by atoms with Crippen LogP contribution in [0.15, 0.2) is 17.1 Å². The largest absolute Gasteiger partial charge is 0.369 e. The molecule has 1 atom stereocenters. The van der Waals surface area contributed by atoms with Crippen LogP contribution in [0.1, 0.15) is 59.6 Å². The molecule has 2 saturated heterocycles. The Morgan fingerprint density at radius 2 is 1.96 bits per heavy atom. The second-order valence-electron chi connectivity index (χ2n) is 6.91. The van der Waals surface area contributed by atoms with Crippen LogP contribution in [0.25, 0.3) is 0 Å². The first-order valence-electron chi connectivity index (χ1n) is 8.70. The molecule has 0 radical (unpaired) electrons. The van der Waals surface area contributed by atoms with Gasteiger partial charge in [-0.3, -0.25) is 4.79 Å². The summed E-state index contributed by atoms with van der Waals surface area (Å²) in [5, 5.41) is 0. The van der Waals surface area contributed by atoms with Crippen molar-refractivity contribution in [3.63, 3.8) is 0 Å². The molecule has 0 saturated carbocycles. The van der Waals surface area contributed by atoms with Crippen LogP contribution in [-0.2, 0) is 0 Å². The van der Waals surface area contributed by atoms with E-state index < -0.39 is 0 Å². The molecule has 122 valence electrons. The Hall–Kier alpha value is -2.04. The molecule has 0 bridgehead atoms. The van der Waals surface area contributed by atoms with Crippen LogP contribution >= 0.6 is 0 Å². The summed E-state index contributed by atoms with van der Waals surface area (Å²) in [5.41, 5.74) is 10.1. The van der Waals surface area contributed by atoms with Gasteiger partial charge in [-0.25, -0.2) is 4.99 Å². The maximum atomic E-state index is 12.8. The molecule has 1 unspecified atom stereocenters. The number of piperidine rings is 1. The third-order valence-electron chi connectivity index (χ3n) is 5.35. The first-order chi connectivity index (χ1) is 11.1. The van der Waals surface area contributed by atoms with Crippen molar-refractivity contribution in [2.45, 2.75) is 45.1 Å². The number of aliphatic imine (C=N–C) groups is 1. The van der Waals surface area contributed by atoms with E-state index in [1.54, 1.807) is 0 Å². The third-order valence-corrected chi connectivity index (χ3v) is 5.35. The molecule has 0 aliphatic carbocycles. The van der Waals surface area contributed by atoms with Gasteiger partial charge in [0, 0.05) is 30.8 Å². The summed E-state index contributed by atoms with van der Waals surface area (Å²) in [4.78, 5) is 21.6. The zero-order chi connectivity index (χ0) is 16.0. The number of rotatable bonds is 1. The van der Waals surface area contributed by atoms with E-state index in [0.717, 1.165) is 62.1 Å². The highest BCUT2D eigenvalue weighted by Gasteiger charge is 2.34. The molecule has 4 rings (SSSR count). The second kappa shape index (κ2) is 5.55. The number of hydrogen-bond donors (Lipinski definition) is 1. The predicted molar refractivity (Wildman–Crippen MR) is 90.9 cm³/mol. The van der Waals surface area contributed by atoms with Gasteiger partial charge in [0.1, 0.15) is 0 Å². The lowest BCUT2D eigenvalue weighted by molar-refractivity contribution is 0.0724. The lowest BCUT2D eigenvalue weighted by Gasteiger charge is -2.32. The van der Waals surface area contributed by atoms with Gasteiger partial charge in [0.2, 0.25) is 0 Å². The number of nitrogens with zero attached hydrogens (tertiary/aromatic N) is 3. The molecule has 1 aromatic rings. The van der Waals surface area contributed by atoms with Crippen molar-refractivity contribution in [3.8, 4) is 0 Å². The van der Waals surface area contributed by atoms with Crippen molar-refractivity contribution in [3.05, 3.63) is 28.8 Å². The summed E-state index contributed by atoms with van der Waals surface area (Å²) in [6.45, 7) is 4.77. The van der Waals surface area contributed by atoms with Crippen molar-refractivity contribution in [2.24, 2.45) is 10.7 Å². The van der Waals surface area contributed by atoms with Crippen LogP contribution in [0.5, 0.6) is 0 Å². The van der Waals surface area contributed by atoms with Gasteiger partial charge in [-0.1, -0.05) is 0 Å². The number of aryl methyl sites for hydroxylation is 1. The number of likely N-dealkylation sites (tertiary alicyclic amines) is 1. The number of fused-ring (bicyclic) bond motifs is 3. The van der Waals surface area contributed by atoms with E-state index in [1.807, 2.05) is 17.9 Å². The second-order valence-corrected chi connectivity index (χ2v) is 6.91. The Morgan fingerprint density at radius 3 is 2.74 bits per heavy atom. The van der Waals surface area contributed by atoms with Crippen LogP contribution in [0.2, 0.25) is 0 Å². The molecule has 2 N–H and O–H groups in total. The fraction of sp³-hybridized carbons (Fsp3) is 0.556. The first kappa shape index (κ1) is 14.5. The first-order valence-corrected chi connectivity index (χ1v) is 8.70. The van der Waals surface area contributed by atoms with E-state index in [2.05, 4.69) is 16.0 Å². The average molecular weight is 312 g/mol. The normalized spacial score (nSPS) is 23.3. The molecule has 5 heteroatoms. The van der Waals surface area contributed by atoms with Crippen molar-refractivity contribution < 1.29 is 4.79 Å². The van der Waals surface area contributed by atoms with Crippen LogP contribution in [0.3, 0.4) is 0 Å². The number of amides is 1. The minimum atomic E-state index is 0.169. The number of nitrogens with two attached hydrogens (primary N) is 1. The van der Waals surface area contributed by atoms with Crippen molar-refractivity contribution >= 4 is 17.6 Å². The van der Waals surface area contributed by atoms with Gasteiger partial charge >= 0.3 is 0 Å². The SMILES string of the molecule is Cc1cc(C(=O)N2CCCCC2)cc2c1N=C(N)N1CCCC21. The zero-order valence-electron chi connectivity index (χ0n) is 13.7. The Balaban J connectivity index is 1.73. The lowest BCUT2D eigenvalue weighted by atomic mass is 9.94. The number of guanidine groups is 1. The maximum Gasteiger partial charge on any atom is 0.253 e. The molecule has 1 amide bonds. The summed E-state index contributed by atoms with van der Waals surface area (Å²) in [6, 6.07) is 4.34. The average Bonchev–Trinajstić information content (AvgIpc) is 3.06. The van der Waals surface area contributed by atoms with Gasteiger partial charge in [-0.2, -0.15) is 0 Å². The highest BCUT2D eigenvalue weighted by molar-refractivity contribution is 5.96. The minimum Gasteiger partial charge on any atom is -0.369 e. The van der Waals surface area contributed by atoms with Gasteiger partial charge in [-0.05, 0) is 56.7 Å². The van der Waals surface area contributed by atoms with Gasteiger partial charge in [0.25, 0.3) is 5.91 Å². The fourth-order valence-electron chi connectivity index (χ4n) is 4.16. The molecule has 3 aliphatic rings. The molecule has 2 fully saturated rings. The van der Waals surface area contributed by atoms with Gasteiger partial charge in [0.15, 0.2) is 5.96 Å². The van der Waals surface area contributed by atoms with Crippen molar-refractivity contribution in [1.82, 2.24) is 9.80 Å². The highest BCUT2D eigenvalue weighted by Crippen LogP contribution is 2.42. The van der Waals surface area contributed by atoms with E-state index in [-0.39, 0.29) is 11.9 Å². The van der Waals surface area contributed by atoms with E-state index in [1.165, 1.54) is 12.0 Å². The Kier molecular flexibility index (Phi) is 3.51. The third kappa shape index (κ3) is 2.38. The van der Waals surface area contributed by atoms with Gasteiger partial charge < -0.3 is 15.5 Å². The van der Waals surface area contributed by atoms with Crippen LogP contribution in [-0.4, -0.2) is 41.3 Å². The van der Waals surface area contributed by atoms with Crippen LogP contribution in [0.4, 0.5) is 5.69 Å². The molecule has 1 aromatic carbocycles. The summed E-state index contributed by atoms with van der Waals surface area (Å²) < 4.78 is 0. The van der Waals surface area contributed by atoms with Crippen LogP contribution < -0.4 is 5.73 Å². The molecule has 23 heavy (non-hydrogen) atoms. The molecule has 5 nitrogen and oxygen atoms in total. The number of carbonyl (C=O) groups is 1. The zero-order valence-corrected chi connectivity index (χ0v) is 13.7. The summed E-state index contributed by atoms with van der Waals surface area (Å²) in [6.07, 6.45) is 5.69. The van der Waals surface area contributed by atoms with E-state index in [4.69, 9.17) is 5.73 Å². The lowest BCUT2D eigenvalue weighted by Crippen LogP contribution is -2.39. The monoisotopic (exact) mass is 312 g/mol. The quantitative estimate of drug-likeness (QED) is 0.867. The summed E-state index contributed by atoms with van der Waals surface area (Å²) >= 11 is 0. The Bertz CT molecular complexity index is 676. The van der Waals surface area contributed by atoms with Gasteiger partial charge in [-0.15, -0.1) is 0 Å². The number of benzene rings is 1. The van der Waals surface area contributed by atoms with Gasteiger partial charge in [0.05, 0.1) is 11.7 Å². The van der Waals surface area contributed by atoms with E-state index in [0.29, 0.717) is 5.96 Å². The number of carbonyl (C=O) groups excluding carboxylic acids is 1. The molecule has 3 heterocycles. The van der Waals surface area contributed by atoms with E-state index >= 15 is 0 Å². The molecule has 0 aromatic heterocycles. The summed E-state index contributed by atoms with van der Waals surface area (Å²) in [7, 11) is 0.